The van der Waals surface area contributed by atoms with Crippen molar-refractivity contribution in [2.45, 2.75) is 20.8 Å². The number of carbonyl (C=O) groups is 1. The van der Waals surface area contributed by atoms with Gasteiger partial charge in [-0.15, -0.1) is 0 Å². The molecule has 0 fully saturated rings. The minimum absolute atomic E-state index is 0.123. The van der Waals surface area contributed by atoms with Crippen molar-refractivity contribution in [1.82, 2.24) is 14.6 Å². The summed E-state index contributed by atoms with van der Waals surface area (Å²) in [6.45, 7) is 5.29. The van der Waals surface area contributed by atoms with Crippen LogP contribution in [-0.4, -0.2) is 20.5 Å². The Morgan fingerprint density at radius 2 is 2.13 bits per heavy atom. The summed E-state index contributed by atoms with van der Waals surface area (Å²) in [6.07, 6.45) is 0. The number of aromatic nitrogens is 3. The van der Waals surface area contributed by atoms with Gasteiger partial charge in [0.05, 0.1) is 5.69 Å². The second-order valence-electron chi connectivity index (χ2n) is 3.52. The predicted molar refractivity (Wildman–Crippen MR) is 56.8 cm³/mol. The van der Waals surface area contributed by atoms with Gasteiger partial charge in [0.1, 0.15) is 5.82 Å². The molecular formula is C10H12N4O. The lowest BCUT2D eigenvalue weighted by Crippen LogP contribution is -2.09. The predicted octanol–water partition coefficient (Wildman–Crippen LogP) is 1.30. The number of hydrogen-bond acceptors (Lipinski definition) is 3. The Balaban J connectivity index is 2.56. The van der Waals surface area contributed by atoms with Crippen LogP contribution in [0.25, 0.3) is 5.65 Å². The zero-order valence-corrected chi connectivity index (χ0v) is 8.90. The molecular weight excluding hydrogens is 192 g/mol. The van der Waals surface area contributed by atoms with E-state index >= 15 is 0 Å². The van der Waals surface area contributed by atoms with Gasteiger partial charge in [-0.2, -0.15) is 5.10 Å². The Hall–Kier alpha value is -1.91. The van der Waals surface area contributed by atoms with Crippen molar-refractivity contribution in [3.05, 3.63) is 23.5 Å². The van der Waals surface area contributed by atoms with Crippen molar-refractivity contribution in [1.29, 1.82) is 0 Å². The molecule has 2 rings (SSSR count). The molecule has 0 bridgehead atoms. The fourth-order valence-corrected chi connectivity index (χ4v) is 1.48. The van der Waals surface area contributed by atoms with Gasteiger partial charge in [-0.05, 0) is 13.8 Å². The second kappa shape index (κ2) is 3.34. The Morgan fingerprint density at radius 1 is 1.40 bits per heavy atom. The fourth-order valence-electron chi connectivity index (χ4n) is 1.48. The number of nitrogens with zero attached hydrogens (tertiary/aromatic N) is 3. The van der Waals surface area contributed by atoms with Crippen LogP contribution in [0.1, 0.15) is 18.3 Å². The zero-order chi connectivity index (χ0) is 11.0. The molecule has 0 saturated heterocycles. The van der Waals surface area contributed by atoms with Crippen molar-refractivity contribution < 1.29 is 4.79 Å². The molecule has 0 aliphatic heterocycles. The van der Waals surface area contributed by atoms with E-state index in [0.717, 1.165) is 17.0 Å². The Labute approximate surface area is 87.1 Å². The van der Waals surface area contributed by atoms with Crippen molar-refractivity contribution in [3.63, 3.8) is 0 Å². The summed E-state index contributed by atoms with van der Waals surface area (Å²) in [7, 11) is 0. The van der Waals surface area contributed by atoms with E-state index in [1.165, 1.54) is 6.92 Å². The minimum Gasteiger partial charge on any atom is -0.311 e. The molecule has 15 heavy (non-hydrogen) atoms. The van der Waals surface area contributed by atoms with E-state index in [-0.39, 0.29) is 5.91 Å². The summed E-state index contributed by atoms with van der Waals surface area (Å²) >= 11 is 0. The first-order valence-corrected chi connectivity index (χ1v) is 4.68. The molecule has 5 nitrogen and oxygen atoms in total. The topological polar surface area (TPSA) is 59.3 Å². The maximum absolute atomic E-state index is 10.9. The van der Waals surface area contributed by atoms with E-state index in [1.807, 2.05) is 19.9 Å². The molecule has 5 heteroatoms. The Bertz CT molecular complexity index is 529. The van der Waals surface area contributed by atoms with Crippen LogP contribution in [0.15, 0.2) is 12.1 Å². The Morgan fingerprint density at radius 3 is 2.80 bits per heavy atom. The molecule has 0 saturated carbocycles. The van der Waals surface area contributed by atoms with Gasteiger partial charge in [-0.25, -0.2) is 9.50 Å². The lowest BCUT2D eigenvalue weighted by Gasteiger charge is -2.03. The standard InChI is InChI=1S/C10H12N4O/c1-6-4-10-12-9(11-8(3)15)5-7(2)14(10)13-6/h4-5H,1-3H3,(H,11,12,15). The van der Waals surface area contributed by atoms with Crippen molar-refractivity contribution >= 4 is 17.4 Å². The molecule has 1 amide bonds. The molecule has 78 valence electrons. The summed E-state index contributed by atoms with van der Waals surface area (Å²) < 4.78 is 1.75. The van der Waals surface area contributed by atoms with Crippen molar-refractivity contribution in [2.24, 2.45) is 0 Å². The number of anilines is 1. The van der Waals surface area contributed by atoms with Crippen LogP contribution in [-0.2, 0) is 4.79 Å². The molecule has 2 aromatic heterocycles. The third-order valence-corrected chi connectivity index (χ3v) is 2.03. The number of rotatable bonds is 1. The van der Waals surface area contributed by atoms with E-state index in [0.29, 0.717) is 5.82 Å². The number of carbonyl (C=O) groups excluding carboxylic acids is 1. The second-order valence-corrected chi connectivity index (χ2v) is 3.52. The first kappa shape index (κ1) is 9.64. The van der Waals surface area contributed by atoms with Crippen LogP contribution in [0.4, 0.5) is 5.82 Å². The molecule has 2 aromatic rings. The normalized spacial score (nSPS) is 10.6. The smallest absolute Gasteiger partial charge is 0.222 e. The maximum atomic E-state index is 10.9. The molecule has 0 atom stereocenters. The highest BCUT2D eigenvalue weighted by Crippen LogP contribution is 2.11. The van der Waals surface area contributed by atoms with Crippen LogP contribution in [0.5, 0.6) is 0 Å². The highest BCUT2D eigenvalue weighted by molar-refractivity contribution is 5.87. The van der Waals surface area contributed by atoms with Crippen molar-refractivity contribution in [3.8, 4) is 0 Å². The van der Waals surface area contributed by atoms with Crippen LogP contribution in [0.3, 0.4) is 0 Å². The lowest BCUT2D eigenvalue weighted by atomic mass is 10.4. The van der Waals surface area contributed by atoms with Crippen LogP contribution in [0.2, 0.25) is 0 Å². The van der Waals surface area contributed by atoms with E-state index in [2.05, 4.69) is 15.4 Å². The van der Waals surface area contributed by atoms with Gasteiger partial charge >= 0.3 is 0 Å². The monoisotopic (exact) mass is 204 g/mol. The lowest BCUT2D eigenvalue weighted by molar-refractivity contribution is -0.114. The average Bonchev–Trinajstić information content (AvgIpc) is 2.44. The fraction of sp³-hybridized carbons (Fsp3) is 0.300. The van der Waals surface area contributed by atoms with E-state index < -0.39 is 0 Å². The summed E-state index contributed by atoms with van der Waals surface area (Å²) in [4.78, 5) is 15.2. The number of fused-ring (bicyclic) bond motifs is 1. The quantitative estimate of drug-likeness (QED) is 0.761. The molecule has 0 aliphatic carbocycles. The van der Waals surface area contributed by atoms with Gasteiger partial charge < -0.3 is 5.32 Å². The molecule has 0 unspecified atom stereocenters. The molecule has 0 aliphatic rings. The molecule has 2 heterocycles. The van der Waals surface area contributed by atoms with Crippen molar-refractivity contribution in [2.75, 3.05) is 5.32 Å². The highest BCUT2D eigenvalue weighted by atomic mass is 16.1. The SMILES string of the molecule is CC(=O)Nc1cc(C)n2nc(C)cc2n1. The van der Waals surface area contributed by atoms with E-state index in [4.69, 9.17) is 0 Å². The highest BCUT2D eigenvalue weighted by Gasteiger charge is 2.05. The van der Waals surface area contributed by atoms with Gasteiger partial charge in [0, 0.05) is 24.8 Å². The van der Waals surface area contributed by atoms with E-state index in [1.54, 1.807) is 10.6 Å². The van der Waals surface area contributed by atoms with Gasteiger partial charge in [-0.1, -0.05) is 0 Å². The largest absolute Gasteiger partial charge is 0.311 e. The van der Waals surface area contributed by atoms with Gasteiger partial charge in [0.2, 0.25) is 5.91 Å². The van der Waals surface area contributed by atoms with Crippen LogP contribution in [0, 0.1) is 13.8 Å². The van der Waals surface area contributed by atoms with E-state index in [9.17, 15) is 4.79 Å². The summed E-state index contributed by atoms with van der Waals surface area (Å²) in [5, 5.41) is 6.93. The van der Waals surface area contributed by atoms with Gasteiger partial charge in [0.25, 0.3) is 0 Å². The third kappa shape index (κ3) is 1.81. The molecule has 0 aromatic carbocycles. The summed E-state index contributed by atoms with van der Waals surface area (Å²) in [5.41, 5.74) is 2.60. The number of amides is 1. The van der Waals surface area contributed by atoms with Gasteiger partial charge in [-0.3, -0.25) is 4.79 Å². The summed E-state index contributed by atoms with van der Waals surface area (Å²) in [6, 6.07) is 3.67. The molecule has 0 spiro atoms. The first-order valence-electron chi connectivity index (χ1n) is 4.68. The third-order valence-electron chi connectivity index (χ3n) is 2.03. The van der Waals surface area contributed by atoms with Crippen LogP contribution >= 0.6 is 0 Å². The number of hydrogen-bond donors (Lipinski definition) is 1. The summed E-state index contributed by atoms with van der Waals surface area (Å²) in [5.74, 6) is 0.440. The minimum atomic E-state index is -0.123. The maximum Gasteiger partial charge on any atom is 0.222 e. The number of aryl methyl sites for hydroxylation is 2. The molecule has 0 radical (unpaired) electrons. The zero-order valence-electron chi connectivity index (χ0n) is 8.90. The van der Waals surface area contributed by atoms with Crippen LogP contribution < -0.4 is 5.32 Å². The Kier molecular flexibility index (Phi) is 2.15. The number of nitrogens with one attached hydrogen (secondary N) is 1. The first-order chi connectivity index (χ1) is 7.06. The molecule has 1 N–H and O–H groups in total. The van der Waals surface area contributed by atoms with Gasteiger partial charge in [0.15, 0.2) is 5.65 Å². The average molecular weight is 204 g/mol.